The summed E-state index contributed by atoms with van der Waals surface area (Å²) in [4.78, 5) is 82.0. The Kier molecular flexibility index (Phi) is 27.7. The van der Waals surface area contributed by atoms with Crippen LogP contribution in [0.3, 0.4) is 0 Å². The van der Waals surface area contributed by atoms with E-state index in [1.54, 1.807) is 101 Å². The number of nitriles is 1. The van der Waals surface area contributed by atoms with Crippen molar-refractivity contribution >= 4 is 143 Å². The molecule has 5 unspecified atom stereocenters. The van der Waals surface area contributed by atoms with Crippen LogP contribution in [-0.2, 0) is 64.8 Å². The lowest BCUT2D eigenvalue weighted by atomic mass is 9.99. The van der Waals surface area contributed by atoms with Gasteiger partial charge in [0.05, 0.1) is 73.4 Å². The molecule has 0 aliphatic carbocycles. The maximum absolute atomic E-state index is 14.1. The number of fused-ring (bicyclic) bond motifs is 5. The highest BCUT2D eigenvalue weighted by Gasteiger charge is 2.38. The van der Waals surface area contributed by atoms with Crippen molar-refractivity contribution in [2.75, 3.05) is 26.6 Å². The Hall–Kier alpha value is -13.1. The van der Waals surface area contributed by atoms with Crippen LogP contribution in [0.1, 0.15) is 108 Å². The second-order valence-electron chi connectivity index (χ2n) is 31.8. The Morgan fingerprint density at radius 2 is 0.723 bits per heavy atom. The number of rotatable bonds is 10. The van der Waals surface area contributed by atoms with Gasteiger partial charge in [0.1, 0.15) is 56.6 Å². The topological polar surface area (TPSA) is 342 Å². The minimum Gasteiger partial charge on any atom is -0.317 e. The van der Waals surface area contributed by atoms with Gasteiger partial charge in [0.15, 0.2) is 5.82 Å². The minimum absolute atomic E-state index is 0.00931. The molecule has 666 valence electrons. The van der Waals surface area contributed by atoms with E-state index in [4.69, 9.17) is 16.9 Å². The molecule has 5 aliphatic rings. The van der Waals surface area contributed by atoms with Crippen molar-refractivity contribution in [3.63, 3.8) is 0 Å². The van der Waals surface area contributed by atoms with Crippen LogP contribution in [0.25, 0.3) is 52.9 Å². The summed E-state index contributed by atoms with van der Waals surface area (Å²) >= 11 is 16.9. The van der Waals surface area contributed by atoms with Gasteiger partial charge >= 0.3 is 30.2 Å². The highest BCUT2D eigenvalue weighted by molar-refractivity contribution is 9.10. The van der Waals surface area contributed by atoms with Crippen LogP contribution in [-0.4, -0.2) is 141 Å². The van der Waals surface area contributed by atoms with Gasteiger partial charge in [0.25, 0.3) is 0 Å². The Balaban J connectivity index is 0.000000119. The molecule has 0 spiro atoms. The number of carbonyl (C=O) groups is 5. The van der Waals surface area contributed by atoms with Gasteiger partial charge in [0.2, 0.25) is 0 Å². The maximum atomic E-state index is 14.1. The summed E-state index contributed by atoms with van der Waals surface area (Å²) in [5.41, 5.74) is 19.1. The molecule has 5 aliphatic heterocycles. The van der Waals surface area contributed by atoms with Crippen LogP contribution in [0.5, 0.6) is 0 Å². The molecule has 38 heteroatoms. The van der Waals surface area contributed by atoms with Crippen molar-refractivity contribution in [2.24, 2.45) is 0 Å². The number of H-pyrrole nitrogens is 5. The zero-order valence-electron chi connectivity index (χ0n) is 71.0. The lowest BCUT2D eigenvalue weighted by Gasteiger charge is -2.33. The Morgan fingerprint density at radius 1 is 0.408 bits per heavy atom. The second-order valence-corrected chi connectivity index (χ2v) is 37.7. The normalized spacial score (nSPS) is 16.3. The minimum atomic E-state index is -0.606. The van der Waals surface area contributed by atoms with Crippen LogP contribution in [0.4, 0.5) is 70.0 Å². The molecule has 5 atom stereocenters. The number of nitrogens with one attached hydrogen (secondary N) is 10. The fraction of sp³-hybridized carbons (Fsp3) is 0.239. The standard InChI is InChI=1S/C19H16FN5OS.C19H19FN4OS.C19H20N4OS.C18H16ClFN4OS.C17H15BrFN5OS/c1-11-7-16-14(18(24-23-16)17-3-2-6-27-17)10-25(11)19(26)22-13-4-5-15(20)12(8-13)9-21;1-11-8-13(5-6-15(11)20)21-19(25)24-10-14-16(9-12(24)2)22-23-18(14)17-4-3-7-26-17;1-12-5-3-6-14(9-12)20-19(24)23-11-15-16(10-13(23)2)21-22-18(15)17-7-4-8-25-17;1-10-7-15-12(17(23-22-15)16-3-2-6-26-16)9-24(10)18(25)21-11-4-5-14(20)13(19)8-11;1-9-7-12-10(15(23-22-12)13-3-2-6-26-13)8-24(9)17(25)21-11-4-5-20-16(18)14(11)19/h2-6,8,11H,7,10H2,1H3,(H,22,26)(H,23,24);3-8,12H,9-10H2,1-2H3,(H,21,25)(H,22,23);3-9,13H,10-11H2,1-2H3,(H,20,24)(H,21,22);2-6,8,10H,7,9H2,1H3,(H,21,25)(H,22,23);2-6,9H,7-8H2,1H3,(H,22,23)(H,20,21,25). The second kappa shape index (κ2) is 39.9. The van der Waals surface area contributed by atoms with E-state index in [9.17, 15) is 41.5 Å². The quantitative estimate of drug-likeness (QED) is 0.0451. The zero-order chi connectivity index (χ0) is 91.1. The summed E-state index contributed by atoms with van der Waals surface area (Å²) in [7, 11) is 0. The van der Waals surface area contributed by atoms with Gasteiger partial charge < -0.3 is 51.1 Å². The van der Waals surface area contributed by atoms with Gasteiger partial charge in [-0.15, -0.1) is 56.7 Å². The number of aryl methyl sites for hydroxylation is 2. The molecule has 0 saturated carbocycles. The number of benzene rings is 4. The van der Waals surface area contributed by atoms with Gasteiger partial charge in [-0.05, 0) is 206 Å². The molecule has 0 radical (unpaired) electrons. The molecule has 10 amide bonds. The number of carbonyl (C=O) groups excluding carboxylic acids is 5. The number of halogens is 6. The Morgan fingerprint density at radius 3 is 1.04 bits per heavy atom. The smallest absolute Gasteiger partial charge is 0.317 e. The average molecular weight is 1930 g/mol. The van der Waals surface area contributed by atoms with E-state index in [0.29, 0.717) is 74.6 Å². The molecule has 0 saturated heterocycles. The van der Waals surface area contributed by atoms with E-state index in [0.717, 1.165) is 133 Å². The summed E-state index contributed by atoms with van der Waals surface area (Å²) in [6.07, 6.45) is 4.99. The first-order chi connectivity index (χ1) is 62.8. The lowest BCUT2D eigenvalue weighted by Crippen LogP contribution is -2.44. The van der Waals surface area contributed by atoms with Gasteiger partial charge in [-0.25, -0.2) is 46.5 Å². The van der Waals surface area contributed by atoms with Gasteiger partial charge in [-0.1, -0.05) is 54.1 Å². The third kappa shape index (κ3) is 20.2. The number of anilines is 5. The molecular formula is C92H86BrClF4N22O5S5. The number of hydrogen-bond donors (Lipinski definition) is 10. The fourth-order valence-corrected chi connectivity index (χ4v) is 20.2. The third-order valence-corrected chi connectivity index (χ3v) is 28.1. The Bertz CT molecular complexity index is 6480. The van der Waals surface area contributed by atoms with E-state index in [1.807, 2.05) is 145 Å². The molecule has 27 nitrogen and oxygen atoms in total. The predicted octanol–water partition coefficient (Wildman–Crippen LogP) is 22.4. The molecule has 130 heavy (non-hydrogen) atoms. The first-order valence-corrected chi connectivity index (χ1v) is 47.0. The molecule has 20 rings (SSSR count). The SMILES string of the molecule is CC1Cc2[nH]nc(-c3cccs3)c2CN1C(=O)Nc1ccc(F)c(C#N)c1.CC1Cc2[nH]nc(-c3cccs3)c2CN1C(=O)Nc1ccc(F)c(Cl)c1.CC1Cc2[nH]nc(-c3cccs3)c2CN1C(=O)Nc1ccnc(Br)c1F.Cc1cc(NC(=O)N2Cc3c(-c4cccs4)n[nH]c3CC2C)ccc1F.Cc1cccc(NC(=O)N2Cc3c(-c4cccs4)n[nH]c3CC2C)c1. The summed E-state index contributed by atoms with van der Waals surface area (Å²) < 4.78 is 54.4. The summed E-state index contributed by atoms with van der Waals surface area (Å²) in [5, 5.41) is 70.9. The number of thiophene rings is 5. The van der Waals surface area contributed by atoms with Crippen LogP contribution in [0.15, 0.2) is 183 Å². The zero-order valence-corrected chi connectivity index (χ0v) is 77.4. The van der Waals surface area contributed by atoms with E-state index in [-0.39, 0.29) is 87.1 Å². The first-order valence-electron chi connectivity index (χ1n) is 41.4. The van der Waals surface area contributed by atoms with E-state index >= 15 is 0 Å². The fourth-order valence-electron chi connectivity index (χ4n) is 16.0. The van der Waals surface area contributed by atoms with Crippen molar-refractivity contribution in [1.29, 1.82) is 5.26 Å². The van der Waals surface area contributed by atoms with E-state index in [1.165, 1.54) is 54.7 Å². The predicted molar refractivity (Wildman–Crippen MR) is 505 cm³/mol. The Labute approximate surface area is 777 Å². The van der Waals surface area contributed by atoms with Crippen LogP contribution in [0, 0.1) is 48.4 Å². The van der Waals surface area contributed by atoms with Crippen LogP contribution < -0.4 is 26.6 Å². The first kappa shape index (κ1) is 90.3. The number of urea groups is 5. The van der Waals surface area contributed by atoms with Crippen molar-refractivity contribution in [3.05, 3.63) is 285 Å². The van der Waals surface area contributed by atoms with Crippen molar-refractivity contribution < 1.29 is 41.5 Å². The van der Waals surface area contributed by atoms with Crippen LogP contribution in [0.2, 0.25) is 5.02 Å². The molecule has 10 N–H and O–H groups in total. The van der Waals surface area contributed by atoms with E-state index < -0.39 is 17.5 Å². The monoisotopic (exact) mass is 1930 g/mol. The lowest BCUT2D eigenvalue weighted by molar-refractivity contribution is 0.181. The van der Waals surface area contributed by atoms with Gasteiger partial charge in [-0.3, -0.25) is 25.5 Å². The average Bonchev–Trinajstić information content (AvgIpc) is 1.65. The summed E-state index contributed by atoms with van der Waals surface area (Å²) in [5.74, 6) is -1.99. The highest BCUT2D eigenvalue weighted by atomic mass is 79.9. The molecule has 11 aromatic heterocycles. The van der Waals surface area contributed by atoms with Gasteiger partial charge in [0, 0.05) is 148 Å². The molecule has 15 aromatic rings. The number of pyridine rings is 1. The van der Waals surface area contributed by atoms with Crippen molar-refractivity contribution in [2.45, 2.75) is 144 Å². The molecule has 16 heterocycles. The maximum Gasteiger partial charge on any atom is 0.322 e. The summed E-state index contributed by atoms with van der Waals surface area (Å²) in [6, 6.07) is 42.8. The summed E-state index contributed by atoms with van der Waals surface area (Å²) in [6.45, 7) is 16.1. The van der Waals surface area contributed by atoms with Crippen molar-refractivity contribution in [1.82, 2.24) is 80.5 Å². The highest BCUT2D eigenvalue weighted by Crippen LogP contribution is 2.40. The largest absolute Gasteiger partial charge is 0.322 e. The number of nitrogens with zero attached hydrogens (tertiary/aromatic N) is 12. The van der Waals surface area contributed by atoms with Crippen molar-refractivity contribution in [3.8, 4) is 58.9 Å². The number of hydrogen-bond acceptors (Lipinski definition) is 17. The number of amides is 10. The van der Waals surface area contributed by atoms with Crippen LogP contribution >= 0.6 is 84.2 Å². The number of aromatic nitrogens is 11. The van der Waals surface area contributed by atoms with Gasteiger partial charge in [-0.2, -0.15) is 30.8 Å². The molecule has 0 fully saturated rings. The molecule has 4 aromatic carbocycles. The third-order valence-electron chi connectivity index (χ3n) is 22.9. The molecular weight excluding hydrogens is 1840 g/mol. The van der Waals surface area contributed by atoms with E-state index in [2.05, 4.69) is 111 Å². The molecule has 0 bridgehead atoms. The number of aromatic amines is 5.